The van der Waals surface area contributed by atoms with E-state index in [0.717, 1.165) is 16.6 Å². The van der Waals surface area contributed by atoms with Gasteiger partial charge in [-0.3, -0.25) is 0 Å². The first-order valence-corrected chi connectivity index (χ1v) is 5.80. The number of ether oxygens (including phenoxy) is 1. The van der Waals surface area contributed by atoms with E-state index in [-0.39, 0.29) is 5.75 Å². The fourth-order valence-electron chi connectivity index (χ4n) is 2.01. The lowest BCUT2D eigenvalue weighted by atomic mass is 10.1. The molecule has 0 aliphatic heterocycles. The van der Waals surface area contributed by atoms with Gasteiger partial charge in [0.15, 0.2) is 0 Å². The normalized spacial score (nSPS) is 10.8. The molecule has 5 heteroatoms. The minimum atomic E-state index is 0.199. The van der Waals surface area contributed by atoms with Gasteiger partial charge in [-0.1, -0.05) is 0 Å². The zero-order valence-electron chi connectivity index (χ0n) is 10.3. The zero-order chi connectivity index (χ0) is 13.4. The summed E-state index contributed by atoms with van der Waals surface area (Å²) < 4.78 is 5.12. The van der Waals surface area contributed by atoms with E-state index in [0.29, 0.717) is 17.3 Å². The third-order valence-corrected chi connectivity index (χ3v) is 2.98. The minimum Gasteiger partial charge on any atom is -0.508 e. The second-order valence-electron chi connectivity index (χ2n) is 4.24. The van der Waals surface area contributed by atoms with E-state index >= 15 is 0 Å². The van der Waals surface area contributed by atoms with Crippen LogP contribution in [0, 0.1) is 0 Å². The first kappa shape index (κ1) is 11.4. The molecule has 19 heavy (non-hydrogen) atoms. The molecule has 0 spiro atoms. The van der Waals surface area contributed by atoms with Crippen molar-refractivity contribution in [3.8, 4) is 22.9 Å². The van der Waals surface area contributed by atoms with Crippen molar-refractivity contribution in [1.82, 2.24) is 9.97 Å². The zero-order valence-corrected chi connectivity index (χ0v) is 10.3. The number of phenols is 1. The summed E-state index contributed by atoms with van der Waals surface area (Å²) in [6, 6.07) is 10.4. The highest BCUT2D eigenvalue weighted by Gasteiger charge is 2.09. The van der Waals surface area contributed by atoms with Crippen molar-refractivity contribution in [2.45, 2.75) is 0 Å². The molecule has 0 radical (unpaired) electrons. The van der Waals surface area contributed by atoms with E-state index in [1.807, 2.05) is 12.1 Å². The smallest absolute Gasteiger partial charge is 0.140 e. The number of phenolic OH excluding ortho intramolecular Hbond substituents is 1. The maximum absolute atomic E-state index is 9.44. The van der Waals surface area contributed by atoms with Crippen LogP contribution in [-0.2, 0) is 0 Å². The minimum absolute atomic E-state index is 0.199. The van der Waals surface area contributed by atoms with Gasteiger partial charge in [0.2, 0.25) is 0 Å². The standard InChI is InChI=1S/C14H13N3O2/c1-19-9-3-4-10(11(15)7-9)14-16-12-5-2-8(18)6-13(12)17-14/h2-7,18H,15H2,1H3,(H,16,17). The Balaban J connectivity index is 2.13. The summed E-state index contributed by atoms with van der Waals surface area (Å²) in [4.78, 5) is 7.59. The summed E-state index contributed by atoms with van der Waals surface area (Å²) in [7, 11) is 1.60. The topological polar surface area (TPSA) is 84.2 Å². The molecule has 3 aromatic rings. The van der Waals surface area contributed by atoms with Crippen molar-refractivity contribution in [2.24, 2.45) is 0 Å². The van der Waals surface area contributed by atoms with Gasteiger partial charge < -0.3 is 20.6 Å². The number of nitrogen functional groups attached to an aromatic ring is 1. The van der Waals surface area contributed by atoms with Gasteiger partial charge in [0.05, 0.1) is 18.1 Å². The van der Waals surface area contributed by atoms with Crippen molar-refractivity contribution in [3.63, 3.8) is 0 Å². The Bertz CT molecular complexity index is 750. The Labute approximate surface area is 109 Å². The number of anilines is 1. The molecule has 0 bridgehead atoms. The van der Waals surface area contributed by atoms with Crippen molar-refractivity contribution in [2.75, 3.05) is 12.8 Å². The number of H-pyrrole nitrogens is 1. The van der Waals surface area contributed by atoms with Crippen LogP contribution in [0.25, 0.3) is 22.4 Å². The van der Waals surface area contributed by atoms with E-state index in [1.54, 1.807) is 31.4 Å². The maximum Gasteiger partial charge on any atom is 0.140 e. The number of hydrogen-bond acceptors (Lipinski definition) is 4. The van der Waals surface area contributed by atoms with Crippen molar-refractivity contribution >= 4 is 16.7 Å². The molecule has 96 valence electrons. The van der Waals surface area contributed by atoms with E-state index in [4.69, 9.17) is 10.5 Å². The lowest BCUT2D eigenvalue weighted by molar-refractivity contribution is 0.415. The molecule has 5 nitrogen and oxygen atoms in total. The van der Waals surface area contributed by atoms with E-state index in [9.17, 15) is 5.11 Å². The van der Waals surface area contributed by atoms with Crippen LogP contribution in [0.5, 0.6) is 11.5 Å². The molecule has 1 heterocycles. The summed E-state index contributed by atoms with van der Waals surface area (Å²) in [5, 5.41) is 9.44. The van der Waals surface area contributed by atoms with Crippen LogP contribution < -0.4 is 10.5 Å². The lowest BCUT2D eigenvalue weighted by Crippen LogP contribution is -1.93. The Morgan fingerprint density at radius 2 is 2.05 bits per heavy atom. The first-order valence-electron chi connectivity index (χ1n) is 5.80. The van der Waals surface area contributed by atoms with Gasteiger partial charge in [-0.05, 0) is 24.3 Å². The van der Waals surface area contributed by atoms with Crippen LogP contribution in [0.3, 0.4) is 0 Å². The van der Waals surface area contributed by atoms with Crippen molar-refractivity contribution in [1.29, 1.82) is 0 Å². The van der Waals surface area contributed by atoms with Gasteiger partial charge in [-0.25, -0.2) is 4.98 Å². The molecule has 3 rings (SSSR count). The van der Waals surface area contributed by atoms with Crippen LogP contribution in [0.1, 0.15) is 0 Å². The van der Waals surface area contributed by atoms with E-state index < -0.39 is 0 Å². The van der Waals surface area contributed by atoms with E-state index in [2.05, 4.69) is 9.97 Å². The van der Waals surface area contributed by atoms with E-state index in [1.165, 1.54) is 0 Å². The molecule has 0 aliphatic rings. The summed E-state index contributed by atoms with van der Waals surface area (Å²) in [5.74, 6) is 1.57. The Kier molecular flexibility index (Phi) is 2.52. The van der Waals surface area contributed by atoms with Crippen LogP contribution in [0.2, 0.25) is 0 Å². The highest BCUT2D eigenvalue weighted by molar-refractivity contribution is 5.83. The molecule has 4 N–H and O–H groups in total. The predicted molar refractivity (Wildman–Crippen MR) is 74.2 cm³/mol. The predicted octanol–water partition coefficient (Wildman–Crippen LogP) is 2.53. The summed E-state index contributed by atoms with van der Waals surface area (Å²) >= 11 is 0. The van der Waals surface area contributed by atoms with Gasteiger partial charge in [0.25, 0.3) is 0 Å². The summed E-state index contributed by atoms with van der Waals surface area (Å²) in [6.07, 6.45) is 0. The third kappa shape index (κ3) is 1.95. The average Bonchev–Trinajstić information content (AvgIpc) is 2.81. The molecule has 2 aromatic carbocycles. The Morgan fingerprint density at radius 1 is 1.21 bits per heavy atom. The van der Waals surface area contributed by atoms with Crippen LogP contribution in [0.15, 0.2) is 36.4 Å². The Morgan fingerprint density at radius 3 is 2.79 bits per heavy atom. The highest BCUT2D eigenvalue weighted by Crippen LogP contribution is 2.29. The number of nitrogens with one attached hydrogen (secondary N) is 1. The van der Waals surface area contributed by atoms with Crippen molar-refractivity contribution in [3.05, 3.63) is 36.4 Å². The number of fused-ring (bicyclic) bond motifs is 1. The molecule has 0 saturated carbocycles. The number of aromatic hydroxyl groups is 1. The largest absolute Gasteiger partial charge is 0.508 e. The monoisotopic (exact) mass is 255 g/mol. The number of rotatable bonds is 2. The number of aromatic nitrogens is 2. The van der Waals surface area contributed by atoms with Crippen LogP contribution >= 0.6 is 0 Å². The summed E-state index contributed by atoms with van der Waals surface area (Å²) in [5.41, 5.74) is 8.93. The van der Waals surface area contributed by atoms with Gasteiger partial charge in [0, 0.05) is 23.4 Å². The fourth-order valence-corrected chi connectivity index (χ4v) is 2.01. The quantitative estimate of drug-likeness (QED) is 0.614. The molecule has 0 unspecified atom stereocenters. The van der Waals surface area contributed by atoms with Crippen LogP contribution in [-0.4, -0.2) is 22.2 Å². The number of hydrogen-bond donors (Lipinski definition) is 3. The fraction of sp³-hybridized carbons (Fsp3) is 0.0714. The number of nitrogens with zero attached hydrogens (tertiary/aromatic N) is 1. The van der Waals surface area contributed by atoms with Gasteiger partial charge in [0.1, 0.15) is 17.3 Å². The number of methoxy groups -OCH3 is 1. The molecule has 1 aromatic heterocycles. The SMILES string of the molecule is COc1ccc(-c2nc3ccc(O)cc3[nH]2)c(N)c1. The number of imidazole rings is 1. The van der Waals surface area contributed by atoms with Crippen LogP contribution in [0.4, 0.5) is 5.69 Å². The molecular formula is C14H13N3O2. The number of benzene rings is 2. The number of nitrogens with two attached hydrogens (primary N) is 1. The third-order valence-electron chi connectivity index (χ3n) is 2.98. The summed E-state index contributed by atoms with van der Waals surface area (Å²) in [6.45, 7) is 0. The Hall–Kier alpha value is -2.69. The molecule has 0 atom stereocenters. The second kappa shape index (κ2) is 4.20. The first-order chi connectivity index (χ1) is 9.17. The van der Waals surface area contributed by atoms with Crippen molar-refractivity contribution < 1.29 is 9.84 Å². The average molecular weight is 255 g/mol. The van der Waals surface area contributed by atoms with Gasteiger partial charge in [-0.2, -0.15) is 0 Å². The molecule has 0 amide bonds. The van der Waals surface area contributed by atoms with Gasteiger partial charge >= 0.3 is 0 Å². The number of aromatic amines is 1. The molecule has 0 saturated heterocycles. The molecule has 0 fully saturated rings. The second-order valence-corrected chi connectivity index (χ2v) is 4.24. The maximum atomic E-state index is 9.44. The molecular weight excluding hydrogens is 242 g/mol. The van der Waals surface area contributed by atoms with Gasteiger partial charge in [-0.15, -0.1) is 0 Å². The lowest BCUT2D eigenvalue weighted by Gasteiger charge is -2.05. The molecule has 0 aliphatic carbocycles. The highest BCUT2D eigenvalue weighted by atomic mass is 16.5.